The van der Waals surface area contributed by atoms with Crippen molar-refractivity contribution < 1.29 is 27.8 Å². The van der Waals surface area contributed by atoms with E-state index in [9.17, 15) is 18.4 Å². The highest BCUT2D eigenvalue weighted by atomic mass is 19.1. The van der Waals surface area contributed by atoms with Crippen LogP contribution in [0.4, 0.5) is 20.2 Å². The third-order valence-corrected chi connectivity index (χ3v) is 6.85. The van der Waals surface area contributed by atoms with E-state index in [0.29, 0.717) is 12.0 Å². The van der Waals surface area contributed by atoms with Crippen molar-refractivity contribution in [2.75, 3.05) is 17.7 Å². The lowest BCUT2D eigenvalue weighted by molar-refractivity contribution is -0.138. The van der Waals surface area contributed by atoms with Crippen LogP contribution < -0.4 is 10.6 Å². The molecule has 38 heavy (non-hydrogen) atoms. The van der Waals surface area contributed by atoms with Crippen LogP contribution in [0.5, 0.6) is 0 Å². The molecule has 0 saturated heterocycles. The highest BCUT2D eigenvalue weighted by Crippen LogP contribution is 2.47. The van der Waals surface area contributed by atoms with Crippen molar-refractivity contribution in [1.82, 2.24) is 0 Å². The zero-order valence-corrected chi connectivity index (χ0v) is 20.8. The second-order valence-corrected chi connectivity index (χ2v) is 9.26. The van der Waals surface area contributed by atoms with Gasteiger partial charge in [-0.25, -0.2) is 13.6 Å². The molecule has 3 atom stereocenters. The van der Waals surface area contributed by atoms with Crippen LogP contribution in [0.25, 0.3) is 0 Å². The first-order valence-electron chi connectivity index (χ1n) is 12.1. The lowest BCUT2D eigenvalue weighted by atomic mass is 9.78. The largest absolute Gasteiger partial charge is 0.466 e. The van der Waals surface area contributed by atoms with Crippen molar-refractivity contribution in [1.29, 1.82) is 0 Å². The Hall–Kier alpha value is -4.30. The van der Waals surface area contributed by atoms with E-state index in [-0.39, 0.29) is 22.5 Å². The van der Waals surface area contributed by atoms with Crippen molar-refractivity contribution in [3.8, 4) is 0 Å². The van der Waals surface area contributed by atoms with Crippen LogP contribution in [0, 0.1) is 18.6 Å². The summed E-state index contributed by atoms with van der Waals surface area (Å²) in [5.41, 5.74) is 0.456. The molecule has 2 aliphatic rings. The molecule has 6 nitrogen and oxygen atoms in total. The Bertz CT molecular complexity index is 1450. The summed E-state index contributed by atoms with van der Waals surface area (Å²) in [6.45, 7) is 1.62. The number of aryl methyl sites for hydroxylation is 1. The highest BCUT2D eigenvalue weighted by molar-refractivity contribution is 6.12. The van der Waals surface area contributed by atoms with Gasteiger partial charge in [0.2, 0.25) is 0 Å². The fourth-order valence-corrected chi connectivity index (χ4v) is 4.95. The maximum absolute atomic E-state index is 14.7. The number of benzene rings is 3. The molecule has 3 aromatic carbocycles. The monoisotopic (exact) mass is 516 g/mol. The van der Waals surface area contributed by atoms with Crippen molar-refractivity contribution in [3.05, 3.63) is 119 Å². The molecule has 2 N–H and O–H groups in total. The Balaban J connectivity index is 1.58. The third-order valence-electron chi connectivity index (χ3n) is 6.85. The molecule has 2 heterocycles. The van der Waals surface area contributed by atoms with Gasteiger partial charge < -0.3 is 20.1 Å². The Labute approximate surface area is 219 Å². The molecule has 8 heteroatoms. The minimum atomic E-state index is -1.43. The van der Waals surface area contributed by atoms with Gasteiger partial charge >= 0.3 is 5.97 Å². The predicted molar refractivity (Wildman–Crippen MR) is 140 cm³/mol. The van der Waals surface area contributed by atoms with E-state index in [4.69, 9.17) is 9.47 Å². The van der Waals surface area contributed by atoms with Gasteiger partial charge in [0, 0.05) is 5.69 Å². The molecular formula is C30H26F2N2O4. The number of fused-ring (bicyclic) bond motifs is 2. The minimum absolute atomic E-state index is 0.0161. The SMILES string of the molecule is COC(=O)C1=C(C(=O)Nc2ccc(C)c(F)c2)C2C=CC1(C(Cc1ccccc1)Nc1ccccc1F)O2. The van der Waals surface area contributed by atoms with Crippen LogP contribution in [0.15, 0.2) is 96.1 Å². The standard InChI is InChI=1S/C30H26F2N2O4/c1-18-12-13-20(17-22(18)32)33-28(35)26-24-14-15-30(38-24,27(26)29(36)37-2)25(16-19-8-4-3-5-9-19)34-23-11-7-6-10-21(23)31/h3-15,17,24-25,34H,16H2,1-2H3,(H,33,35). The molecule has 0 fully saturated rings. The summed E-state index contributed by atoms with van der Waals surface area (Å²) < 4.78 is 40.3. The minimum Gasteiger partial charge on any atom is -0.466 e. The molecule has 0 saturated carbocycles. The van der Waals surface area contributed by atoms with Gasteiger partial charge in [-0.15, -0.1) is 0 Å². The molecule has 2 bridgehead atoms. The van der Waals surface area contributed by atoms with Crippen LogP contribution in [0.3, 0.4) is 0 Å². The molecule has 1 amide bonds. The van der Waals surface area contributed by atoms with Crippen molar-refractivity contribution in [2.24, 2.45) is 0 Å². The number of hydrogen-bond acceptors (Lipinski definition) is 5. The van der Waals surface area contributed by atoms with Gasteiger partial charge in [-0.3, -0.25) is 4.79 Å². The summed E-state index contributed by atoms with van der Waals surface area (Å²) in [6, 6.07) is 19.3. The molecule has 3 unspecified atom stereocenters. The number of halogens is 2. The fourth-order valence-electron chi connectivity index (χ4n) is 4.95. The molecule has 194 valence electrons. The number of carbonyl (C=O) groups is 2. The molecule has 0 radical (unpaired) electrons. The number of nitrogens with one attached hydrogen (secondary N) is 2. The van der Waals surface area contributed by atoms with Gasteiger partial charge in [-0.1, -0.05) is 54.6 Å². The van der Waals surface area contributed by atoms with Crippen LogP contribution in [0.2, 0.25) is 0 Å². The second-order valence-electron chi connectivity index (χ2n) is 9.26. The van der Waals surface area contributed by atoms with Crippen LogP contribution in [-0.2, 0) is 25.5 Å². The van der Waals surface area contributed by atoms with Gasteiger partial charge in [0.05, 0.1) is 30.0 Å². The summed E-state index contributed by atoms with van der Waals surface area (Å²) in [6.07, 6.45) is 2.90. The van der Waals surface area contributed by atoms with E-state index in [1.54, 1.807) is 49.4 Å². The van der Waals surface area contributed by atoms with Crippen LogP contribution >= 0.6 is 0 Å². The Kier molecular flexibility index (Phi) is 6.82. The van der Waals surface area contributed by atoms with Crippen LogP contribution in [-0.4, -0.2) is 36.7 Å². The summed E-state index contributed by atoms with van der Waals surface area (Å²) in [5, 5.41) is 5.88. The van der Waals surface area contributed by atoms with E-state index in [1.807, 2.05) is 30.3 Å². The molecule has 3 aromatic rings. The maximum Gasteiger partial charge on any atom is 0.337 e. The van der Waals surface area contributed by atoms with Gasteiger partial charge in [-0.2, -0.15) is 0 Å². The number of esters is 1. The topological polar surface area (TPSA) is 76.7 Å². The normalized spacial score (nSPS) is 20.4. The molecule has 0 spiro atoms. The number of anilines is 2. The van der Waals surface area contributed by atoms with Gasteiger partial charge in [0.25, 0.3) is 5.91 Å². The molecule has 5 rings (SSSR count). The Morgan fingerprint density at radius 3 is 2.47 bits per heavy atom. The second kappa shape index (κ2) is 10.2. The smallest absolute Gasteiger partial charge is 0.337 e. The van der Waals surface area contributed by atoms with Gasteiger partial charge in [0.1, 0.15) is 23.3 Å². The fraction of sp³-hybridized carbons (Fsp3) is 0.200. The number of para-hydroxylation sites is 1. The number of hydrogen-bond donors (Lipinski definition) is 2. The molecule has 2 aliphatic heterocycles. The summed E-state index contributed by atoms with van der Waals surface area (Å²) in [5.74, 6) is -2.30. The average molecular weight is 517 g/mol. The predicted octanol–water partition coefficient (Wildman–Crippen LogP) is 5.11. The highest BCUT2D eigenvalue weighted by Gasteiger charge is 2.58. The van der Waals surface area contributed by atoms with E-state index in [1.165, 1.54) is 19.2 Å². The Morgan fingerprint density at radius 1 is 1.03 bits per heavy atom. The third kappa shape index (κ3) is 4.59. The summed E-state index contributed by atoms with van der Waals surface area (Å²) in [7, 11) is 1.22. The first-order valence-corrected chi connectivity index (χ1v) is 12.1. The zero-order valence-electron chi connectivity index (χ0n) is 20.8. The number of rotatable bonds is 8. The molecule has 0 aromatic heterocycles. The van der Waals surface area contributed by atoms with E-state index < -0.39 is 41.3 Å². The lowest BCUT2D eigenvalue weighted by Crippen LogP contribution is -2.49. The van der Waals surface area contributed by atoms with E-state index in [2.05, 4.69) is 10.6 Å². The zero-order chi connectivity index (χ0) is 26.9. The van der Waals surface area contributed by atoms with Gasteiger partial charge in [-0.05, 0) is 54.8 Å². The van der Waals surface area contributed by atoms with Crippen molar-refractivity contribution in [2.45, 2.75) is 31.1 Å². The number of methoxy groups -OCH3 is 1. The Morgan fingerprint density at radius 2 is 1.76 bits per heavy atom. The first kappa shape index (κ1) is 25.4. The van der Waals surface area contributed by atoms with Gasteiger partial charge in [0.15, 0.2) is 0 Å². The average Bonchev–Trinajstić information content (AvgIpc) is 3.50. The lowest BCUT2D eigenvalue weighted by Gasteiger charge is -2.36. The molecule has 0 aliphatic carbocycles. The first-order chi connectivity index (χ1) is 18.3. The van der Waals surface area contributed by atoms with Crippen LogP contribution in [0.1, 0.15) is 11.1 Å². The van der Waals surface area contributed by atoms with Crippen molar-refractivity contribution in [3.63, 3.8) is 0 Å². The van der Waals surface area contributed by atoms with Crippen molar-refractivity contribution >= 4 is 23.3 Å². The number of carbonyl (C=O) groups excluding carboxylic acids is 2. The van der Waals surface area contributed by atoms with E-state index >= 15 is 0 Å². The quantitative estimate of drug-likeness (QED) is 0.321. The number of amides is 1. The summed E-state index contributed by atoms with van der Waals surface area (Å²) in [4.78, 5) is 26.7. The maximum atomic E-state index is 14.7. The number of ether oxygens (including phenoxy) is 2. The van der Waals surface area contributed by atoms with E-state index in [0.717, 1.165) is 5.56 Å². The summed E-state index contributed by atoms with van der Waals surface area (Å²) >= 11 is 0. The molecular weight excluding hydrogens is 490 g/mol.